The van der Waals surface area contributed by atoms with Gasteiger partial charge in [-0.15, -0.1) is 0 Å². The lowest BCUT2D eigenvalue weighted by atomic mass is 10.0. The first-order valence-corrected chi connectivity index (χ1v) is 9.05. The van der Waals surface area contributed by atoms with Crippen LogP contribution in [0.4, 0.5) is 5.69 Å². The van der Waals surface area contributed by atoms with Gasteiger partial charge in [-0.1, -0.05) is 0 Å². The lowest BCUT2D eigenvalue weighted by molar-refractivity contribution is 0.0827. The van der Waals surface area contributed by atoms with Crippen molar-refractivity contribution in [2.45, 2.75) is 37.8 Å². The zero-order valence-electron chi connectivity index (χ0n) is 14.8. The van der Waals surface area contributed by atoms with E-state index in [1.165, 1.54) is 18.5 Å². The summed E-state index contributed by atoms with van der Waals surface area (Å²) < 4.78 is 5.68. The van der Waals surface area contributed by atoms with E-state index in [0.29, 0.717) is 12.1 Å². The van der Waals surface area contributed by atoms with Crippen molar-refractivity contribution in [1.82, 2.24) is 10.2 Å². The normalized spacial score (nSPS) is 21.9. The molecule has 1 aromatic carbocycles. The summed E-state index contributed by atoms with van der Waals surface area (Å²) in [7, 11) is 3.56. The maximum absolute atomic E-state index is 11.9. The van der Waals surface area contributed by atoms with Crippen molar-refractivity contribution < 1.29 is 9.53 Å². The summed E-state index contributed by atoms with van der Waals surface area (Å²) in [5.41, 5.74) is 1.96. The van der Waals surface area contributed by atoms with E-state index in [1.807, 2.05) is 12.1 Å². The number of nitrogens with zero attached hydrogens (tertiary/aromatic N) is 2. The van der Waals surface area contributed by atoms with Gasteiger partial charge >= 0.3 is 0 Å². The Balaban J connectivity index is 1.46. The molecular weight excluding hydrogens is 302 g/mol. The minimum Gasteiger partial charge on any atom is -0.377 e. The van der Waals surface area contributed by atoms with Crippen LogP contribution in [0, 0.1) is 0 Å². The lowest BCUT2D eigenvalue weighted by Crippen LogP contribution is -2.44. The van der Waals surface area contributed by atoms with Gasteiger partial charge in [-0.3, -0.25) is 4.79 Å². The average molecular weight is 331 g/mol. The molecule has 2 saturated heterocycles. The van der Waals surface area contributed by atoms with Crippen LogP contribution in [0.15, 0.2) is 24.3 Å². The van der Waals surface area contributed by atoms with Crippen molar-refractivity contribution in [2.75, 3.05) is 45.2 Å². The van der Waals surface area contributed by atoms with E-state index in [0.717, 1.165) is 44.6 Å². The van der Waals surface area contributed by atoms with Crippen LogP contribution in [0.25, 0.3) is 0 Å². The summed E-state index contributed by atoms with van der Waals surface area (Å²) in [6.45, 7) is 4.04. The average Bonchev–Trinajstić information content (AvgIpc) is 3.13. The Morgan fingerprint density at radius 1 is 1.21 bits per heavy atom. The molecule has 1 amide bonds. The molecule has 2 aliphatic rings. The molecule has 1 atom stereocenters. The first-order valence-electron chi connectivity index (χ1n) is 9.05. The standard InChI is InChI=1S/C19H29N3O2/c1-21(2)19(23)15-5-7-17(8-6-15)22-11-9-16(10-12-22)20-14-18-4-3-13-24-18/h5-8,16,18,20H,3-4,9-14H2,1-2H3. The van der Waals surface area contributed by atoms with Crippen LogP contribution < -0.4 is 10.2 Å². The molecule has 2 aliphatic heterocycles. The van der Waals surface area contributed by atoms with Crippen molar-refractivity contribution in [3.8, 4) is 0 Å². The van der Waals surface area contributed by atoms with Crippen LogP contribution in [0.1, 0.15) is 36.0 Å². The number of hydrogen-bond donors (Lipinski definition) is 1. The number of nitrogens with one attached hydrogen (secondary N) is 1. The monoisotopic (exact) mass is 331 g/mol. The van der Waals surface area contributed by atoms with Crippen LogP contribution in [0.3, 0.4) is 0 Å². The number of benzene rings is 1. The highest BCUT2D eigenvalue weighted by Gasteiger charge is 2.22. The third-order valence-electron chi connectivity index (χ3n) is 5.04. The molecule has 0 aliphatic carbocycles. The molecule has 3 rings (SSSR count). The predicted octanol–water partition coefficient (Wildman–Crippen LogP) is 2.13. The highest BCUT2D eigenvalue weighted by atomic mass is 16.5. The van der Waals surface area contributed by atoms with E-state index in [4.69, 9.17) is 4.74 Å². The molecule has 5 nitrogen and oxygen atoms in total. The Morgan fingerprint density at radius 2 is 1.92 bits per heavy atom. The zero-order valence-corrected chi connectivity index (χ0v) is 14.8. The van der Waals surface area contributed by atoms with Crippen LogP contribution in [-0.2, 0) is 4.74 Å². The second kappa shape index (κ2) is 7.99. The van der Waals surface area contributed by atoms with Crippen molar-refractivity contribution >= 4 is 11.6 Å². The maximum atomic E-state index is 11.9. The molecule has 5 heteroatoms. The molecule has 1 aromatic rings. The molecule has 1 N–H and O–H groups in total. The van der Waals surface area contributed by atoms with Crippen LogP contribution in [0.5, 0.6) is 0 Å². The van der Waals surface area contributed by atoms with Crippen molar-refractivity contribution in [3.05, 3.63) is 29.8 Å². The number of ether oxygens (including phenoxy) is 1. The third kappa shape index (κ3) is 4.28. The fourth-order valence-corrected chi connectivity index (χ4v) is 3.52. The van der Waals surface area contributed by atoms with Gasteiger partial charge in [-0.2, -0.15) is 0 Å². The summed E-state index contributed by atoms with van der Waals surface area (Å²) in [6.07, 6.45) is 5.14. The highest BCUT2D eigenvalue weighted by Crippen LogP contribution is 2.21. The summed E-state index contributed by atoms with van der Waals surface area (Å²) >= 11 is 0. The smallest absolute Gasteiger partial charge is 0.253 e. The first kappa shape index (κ1) is 17.2. The number of anilines is 1. The Kier molecular flexibility index (Phi) is 5.74. The van der Waals surface area contributed by atoms with E-state index in [-0.39, 0.29) is 5.91 Å². The molecule has 2 heterocycles. The van der Waals surface area contributed by atoms with Gasteiger partial charge in [-0.05, 0) is 49.9 Å². The van der Waals surface area contributed by atoms with E-state index >= 15 is 0 Å². The summed E-state index contributed by atoms with van der Waals surface area (Å²) in [5.74, 6) is 0.0542. The van der Waals surface area contributed by atoms with Crippen molar-refractivity contribution in [3.63, 3.8) is 0 Å². The first-order chi connectivity index (χ1) is 11.6. The molecular formula is C19H29N3O2. The van der Waals surface area contributed by atoms with Crippen molar-refractivity contribution in [2.24, 2.45) is 0 Å². The van der Waals surface area contributed by atoms with Gasteiger partial charge < -0.3 is 19.9 Å². The van der Waals surface area contributed by atoms with Gasteiger partial charge in [-0.25, -0.2) is 0 Å². The minimum absolute atomic E-state index is 0.0542. The zero-order chi connectivity index (χ0) is 16.9. The lowest BCUT2D eigenvalue weighted by Gasteiger charge is -2.34. The molecule has 0 saturated carbocycles. The van der Waals surface area contributed by atoms with Crippen LogP contribution >= 0.6 is 0 Å². The van der Waals surface area contributed by atoms with E-state index in [1.54, 1.807) is 19.0 Å². The largest absolute Gasteiger partial charge is 0.377 e. The molecule has 0 spiro atoms. The van der Waals surface area contributed by atoms with Gasteiger partial charge in [0.15, 0.2) is 0 Å². The molecule has 0 radical (unpaired) electrons. The quantitative estimate of drug-likeness (QED) is 0.898. The second-order valence-corrected chi connectivity index (χ2v) is 7.05. The molecule has 132 valence electrons. The highest BCUT2D eigenvalue weighted by molar-refractivity contribution is 5.94. The maximum Gasteiger partial charge on any atom is 0.253 e. The van der Waals surface area contributed by atoms with Crippen LogP contribution in [-0.4, -0.2) is 63.3 Å². The number of hydrogen-bond acceptors (Lipinski definition) is 4. The van der Waals surface area contributed by atoms with E-state index in [2.05, 4.69) is 22.3 Å². The Labute approximate surface area is 145 Å². The van der Waals surface area contributed by atoms with Gasteiger partial charge in [0.25, 0.3) is 5.91 Å². The topological polar surface area (TPSA) is 44.8 Å². The summed E-state index contributed by atoms with van der Waals surface area (Å²) in [6, 6.07) is 8.59. The van der Waals surface area contributed by atoms with E-state index < -0.39 is 0 Å². The number of carbonyl (C=O) groups is 1. The fraction of sp³-hybridized carbons (Fsp3) is 0.632. The number of rotatable bonds is 5. The fourth-order valence-electron chi connectivity index (χ4n) is 3.52. The summed E-state index contributed by atoms with van der Waals surface area (Å²) in [5, 5.41) is 3.67. The van der Waals surface area contributed by atoms with Crippen molar-refractivity contribution in [1.29, 1.82) is 0 Å². The van der Waals surface area contributed by atoms with Gasteiger partial charge in [0, 0.05) is 57.6 Å². The number of piperidine rings is 1. The molecule has 0 bridgehead atoms. The summed E-state index contributed by atoms with van der Waals surface area (Å²) in [4.78, 5) is 16.0. The second-order valence-electron chi connectivity index (χ2n) is 7.05. The molecule has 2 fully saturated rings. The van der Waals surface area contributed by atoms with Crippen LogP contribution in [0.2, 0.25) is 0 Å². The van der Waals surface area contributed by atoms with E-state index in [9.17, 15) is 4.79 Å². The van der Waals surface area contributed by atoms with Gasteiger partial charge in [0.2, 0.25) is 0 Å². The van der Waals surface area contributed by atoms with Gasteiger partial charge in [0.05, 0.1) is 6.10 Å². The Bertz CT molecular complexity index is 530. The number of carbonyl (C=O) groups excluding carboxylic acids is 1. The molecule has 24 heavy (non-hydrogen) atoms. The Hall–Kier alpha value is -1.59. The minimum atomic E-state index is 0.0542. The Morgan fingerprint density at radius 3 is 2.50 bits per heavy atom. The predicted molar refractivity (Wildman–Crippen MR) is 96.7 cm³/mol. The molecule has 0 aromatic heterocycles. The third-order valence-corrected chi connectivity index (χ3v) is 5.04. The van der Waals surface area contributed by atoms with Gasteiger partial charge in [0.1, 0.15) is 0 Å². The SMILES string of the molecule is CN(C)C(=O)c1ccc(N2CCC(NCC3CCCO3)CC2)cc1. The number of amides is 1. The molecule has 1 unspecified atom stereocenters.